The highest BCUT2D eigenvalue weighted by Crippen LogP contribution is 2.37. The molecule has 3 aromatic rings. The van der Waals surface area contributed by atoms with Crippen LogP contribution in [0.4, 0.5) is 0 Å². The number of nitrogens with zero attached hydrogens (tertiary/aromatic N) is 1. The van der Waals surface area contributed by atoms with E-state index in [4.69, 9.17) is 49.0 Å². The molecule has 184 valence electrons. The third-order valence-corrected chi connectivity index (χ3v) is 5.72. The molecule has 0 unspecified atom stereocenters. The van der Waals surface area contributed by atoms with Gasteiger partial charge >= 0.3 is 0 Å². The monoisotopic (exact) mass is 534 g/mol. The van der Waals surface area contributed by atoms with Gasteiger partial charge in [0.05, 0.1) is 40.9 Å². The van der Waals surface area contributed by atoms with Crippen LogP contribution in [0.5, 0.6) is 17.2 Å². The molecule has 1 N–H and O–H groups in total. The fourth-order valence-corrected chi connectivity index (χ4v) is 3.72. The van der Waals surface area contributed by atoms with Crippen molar-refractivity contribution in [3.05, 3.63) is 86.4 Å². The number of hydrazone groups is 1. The van der Waals surface area contributed by atoms with Crippen LogP contribution in [0.15, 0.2) is 59.7 Å². The van der Waals surface area contributed by atoms with Crippen molar-refractivity contribution in [3.63, 3.8) is 0 Å². The molecule has 0 bridgehead atoms. The molecule has 0 fully saturated rings. The van der Waals surface area contributed by atoms with Crippen molar-refractivity contribution in [1.82, 2.24) is 5.43 Å². The molecule has 6 nitrogen and oxygen atoms in total. The Balaban J connectivity index is 1.63. The van der Waals surface area contributed by atoms with E-state index in [1.807, 2.05) is 44.2 Å². The Morgan fingerprint density at radius 1 is 0.857 bits per heavy atom. The summed E-state index contributed by atoms with van der Waals surface area (Å²) in [6, 6.07) is 16.0. The second kappa shape index (κ2) is 13.2. The summed E-state index contributed by atoms with van der Waals surface area (Å²) < 4.78 is 17.0. The van der Waals surface area contributed by atoms with Crippen LogP contribution in [0.1, 0.15) is 30.5 Å². The van der Waals surface area contributed by atoms with Gasteiger partial charge in [0.1, 0.15) is 12.4 Å². The van der Waals surface area contributed by atoms with E-state index in [0.717, 1.165) is 16.9 Å². The fourth-order valence-electron chi connectivity index (χ4n) is 3.12. The molecule has 0 aromatic heterocycles. The minimum absolute atomic E-state index is 0.191. The molecule has 0 aliphatic heterocycles. The maximum absolute atomic E-state index is 12.2. The van der Waals surface area contributed by atoms with Gasteiger partial charge in [-0.15, -0.1) is 0 Å². The topological polar surface area (TPSA) is 69.2 Å². The summed E-state index contributed by atoms with van der Waals surface area (Å²) in [5.41, 5.74) is 4.85. The number of halogens is 3. The van der Waals surface area contributed by atoms with Crippen LogP contribution in [0.25, 0.3) is 0 Å². The number of hydrogen-bond acceptors (Lipinski definition) is 5. The number of hydrogen-bond donors (Lipinski definition) is 1. The molecule has 0 radical (unpaired) electrons. The van der Waals surface area contributed by atoms with Crippen molar-refractivity contribution in [2.75, 3.05) is 13.2 Å². The lowest BCUT2D eigenvalue weighted by Crippen LogP contribution is -2.19. The number of carbonyl (C=O) groups excluding carboxylic acids is 1. The molecule has 0 atom stereocenters. The first kappa shape index (κ1) is 26.7. The maximum atomic E-state index is 12.2. The lowest BCUT2D eigenvalue weighted by molar-refractivity contribution is -0.120. The van der Waals surface area contributed by atoms with Crippen molar-refractivity contribution >= 4 is 46.9 Å². The molecular weight excluding hydrogens is 511 g/mol. The molecule has 0 spiro atoms. The zero-order chi connectivity index (χ0) is 25.2. The fraction of sp³-hybridized carbons (Fsp3) is 0.231. The lowest BCUT2D eigenvalue weighted by Gasteiger charge is -2.14. The predicted octanol–water partition coefficient (Wildman–Crippen LogP) is 6.72. The minimum atomic E-state index is -0.247. The van der Waals surface area contributed by atoms with Gasteiger partial charge in [0.15, 0.2) is 11.5 Å². The van der Waals surface area contributed by atoms with E-state index in [1.54, 1.807) is 24.3 Å². The van der Waals surface area contributed by atoms with E-state index < -0.39 is 0 Å². The largest absolute Gasteiger partial charge is 0.494 e. The van der Waals surface area contributed by atoms with E-state index in [-0.39, 0.29) is 18.9 Å². The van der Waals surface area contributed by atoms with Gasteiger partial charge < -0.3 is 14.2 Å². The summed E-state index contributed by atoms with van der Waals surface area (Å²) in [6.07, 6.45) is 1.68. The summed E-state index contributed by atoms with van der Waals surface area (Å²) in [5.74, 6) is 1.38. The molecule has 9 heteroatoms. The van der Waals surface area contributed by atoms with Gasteiger partial charge in [-0.2, -0.15) is 5.10 Å². The van der Waals surface area contributed by atoms with Gasteiger partial charge in [0, 0.05) is 0 Å². The molecular formula is C26H25Cl3N2O4. The zero-order valence-electron chi connectivity index (χ0n) is 19.3. The molecule has 3 rings (SSSR count). The van der Waals surface area contributed by atoms with Gasteiger partial charge in [0.25, 0.3) is 0 Å². The quantitative estimate of drug-likeness (QED) is 0.219. The lowest BCUT2D eigenvalue weighted by atomic mass is 10.1. The van der Waals surface area contributed by atoms with Crippen LogP contribution in [0, 0.1) is 0 Å². The molecule has 0 aliphatic rings. The van der Waals surface area contributed by atoms with Crippen LogP contribution in [0.3, 0.4) is 0 Å². The Bertz CT molecular complexity index is 1180. The van der Waals surface area contributed by atoms with Gasteiger partial charge in [-0.05, 0) is 66.9 Å². The second-order valence-corrected chi connectivity index (χ2v) is 8.57. The third-order valence-electron chi connectivity index (χ3n) is 4.70. The summed E-state index contributed by atoms with van der Waals surface area (Å²) >= 11 is 18.5. The van der Waals surface area contributed by atoms with Gasteiger partial charge in [-0.25, -0.2) is 5.43 Å². The molecule has 0 saturated carbocycles. The number of ether oxygens (including phenoxy) is 3. The molecule has 3 aromatic carbocycles. The SMILES string of the molecule is CCOc1ccc(CC(=O)N/N=C\c2cc(Cl)c(OCc3ccc(Cl)c(Cl)c3)c(OCC)c2)cc1. The first-order valence-corrected chi connectivity index (χ1v) is 12.1. The Kier molecular flexibility index (Phi) is 10.1. The predicted molar refractivity (Wildman–Crippen MR) is 140 cm³/mol. The van der Waals surface area contributed by atoms with Crippen molar-refractivity contribution < 1.29 is 19.0 Å². The first-order chi connectivity index (χ1) is 16.9. The maximum Gasteiger partial charge on any atom is 0.244 e. The van der Waals surface area contributed by atoms with E-state index in [1.165, 1.54) is 6.21 Å². The third kappa shape index (κ3) is 8.06. The molecule has 0 saturated heterocycles. The van der Waals surface area contributed by atoms with E-state index in [2.05, 4.69) is 10.5 Å². The van der Waals surface area contributed by atoms with Crippen molar-refractivity contribution in [3.8, 4) is 17.2 Å². The number of nitrogens with one attached hydrogen (secondary N) is 1. The van der Waals surface area contributed by atoms with Crippen molar-refractivity contribution in [1.29, 1.82) is 0 Å². The van der Waals surface area contributed by atoms with Crippen LogP contribution in [-0.2, 0) is 17.8 Å². The number of rotatable bonds is 11. The highest BCUT2D eigenvalue weighted by Gasteiger charge is 2.13. The minimum Gasteiger partial charge on any atom is -0.494 e. The average molecular weight is 536 g/mol. The van der Waals surface area contributed by atoms with Crippen LogP contribution in [0.2, 0.25) is 15.1 Å². The van der Waals surface area contributed by atoms with Gasteiger partial charge in [-0.1, -0.05) is 53.0 Å². The summed E-state index contributed by atoms with van der Waals surface area (Å²) in [6.45, 7) is 5.01. The van der Waals surface area contributed by atoms with Crippen molar-refractivity contribution in [2.24, 2.45) is 5.10 Å². The van der Waals surface area contributed by atoms with E-state index in [0.29, 0.717) is 45.3 Å². The Morgan fingerprint density at radius 3 is 2.26 bits per heavy atom. The Hall–Kier alpha value is -2.93. The number of amides is 1. The van der Waals surface area contributed by atoms with Gasteiger partial charge in [0.2, 0.25) is 5.91 Å². The van der Waals surface area contributed by atoms with Crippen molar-refractivity contribution in [2.45, 2.75) is 26.9 Å². The van der Waals surface area contributed by atoms with Crippen LogP contribution < -0.4 is 19.6 Å². The van der Waals surface area contributed by atoms with E-state index >= 15 is 0 Å². The summed E-state index contributed by atoms with van der Waals surface area (Å²) in [4.78, 5) is 12.2. The second-order valence-electron chi connectivity index (χ2n) is 7.35. The highest BCUT2D eigenvalue weighted by atomic mass is 35.5. The molecule has 0 heterocycles. The summed E-state index contributed by atoms with van der Waals surface area (Å²) in [5, 5.41) is 5.30. The van der Waals surface area contributed by atoms with E-state index in [9.17, 15) is 4.79 Å². The summed E-state index contributed by atoms with van der Waals surface area (Å²) in [7, 11) is 0. The zero-order valence-corrected chi connectivity index (χ0v) is 21.6. The smallest absolute Gasteiger partial charge is 0.244 e. The Labute approximate surface area is 219 Å². The van der Waals surface area contributed by atoms with Crippen LogP contribution >= 0.6 is 34.8 Å². The average Bonchev–Trinajstić information content (AvgIpc) is 2.82. The normalized spacial score (nSPS) is 10.9. The standard InChI is InChI=1S/C26H25Cl3N2O4/c1-3-33-20-8-5-17(6-9-20)14-25(32)31-30-15-19-12-23(29)26(24(13-19)34-4-2)35-16-18-7-10-21(27)22(28)11-18/h5-13,15H,3-4,14,16H2,1-2H3,(H,31,32)/b30-15-. The molecule has 0 aliphatic carbocycles. The number of carbonyl (C=O) groups is 1. The Morgan fingerprint density at radius 2 is 1.57 bits per heavy atom. The first-order valence-electron chi connectivity index (χ1n) is 11.0. The molecule has 35 heavy (non-hydrogen) atoms. The van der Waals surface area contributed by atoms with Crippen LogP contribution in [-0.4, -0.2) is 25.3 Å². The number of benzene rings is 3. The highest BCUT2D eigenvalue weighted by molar-refractivity contribution is 6.42. The van der Waals surface area contributed by atoms with Gasteiger partial charge in [-0.3, -0.25) is 4.79 Å². The molecule has 1 amide bonds.